The Bertz CT molecular complexity index is 636. The first-order chi connectivity index (χ1) is 9.13. The summed E-state index contributed by atoms with van der Waals surface area (Å²) < 4.78 is 6.10. The van der Waals surface area contributed by atoms with E-state index in [-0.39, 0.29) is 17.2 Å². The number of nitrogens with zero attached hydrogens (tertiary/aromatic N) is 2. The second-order valence-electron chi connectivity index (χ2n) is 3.93. The second-order valence-corrected chi connectivity index (χ2v) is 5.00. The molecule has 0 unspecified atom stereocenters. The number of hydrogen-bond donors (Lipinski definition) is 1. The Morgan fingerprint density at radius 1 is 1.37 bits per heavy atom. The van der Waals surface area contributed by atoms with Gasteiger partial charge in [-0.3, -0.25) is 0 Å². The zero-order chi connectivity index (χ0) is 13.8. The minimum atomic E-state index is -0.0707. The van der Waals surface area contributed by atoms with Gasteiger partial charge in [-0.05, 0) is 35.1 Å². The lowest BCUT2D eigenvalue weighted by Crippen LogP contribution is -2.02. The van der Waals surface area contributed by atoms with E-state index in [1.165, 1.54) is 0 Å². The fraction of sp³-hybridized carbons (Fsp3) is 0.143. The Balaban J connectivity index is 2.28. The number of rotatable bonds is 3. The van der Waals surface area contributed by atoms with Crippen molar-refractivity contribution >= 4 is 22.6 Å². The highest BCUT2D eigenvalue weighted by Gasteiger charge is 2.16. The second kappa shape index (κ2) is 5.89. The molecule has 0 bridgehead atoms. The Hall–Kier alpha value is -1.81. The molecule has 1 heterocycles. The standard InChI is InChI=1S/C14H11IN2O2/c1-9-12(15)13(18)11(7-16)14(17-9)19-8-10-5-3-2-4-6-10/h2-6H,8H2,1H3,(H,17,18). The van der Waals surface area contributed by atoms with Crippen LogP contribution in [0.25, 0.3) is 0 Å². The normalized spacial score (nSPS) is 9.95. The van der Waals surface area contributed by atoms with E-state index in [4.69, 9.17) is 10.00 Å². The maximum absolute atomic E-state index is 9.91. The van der Waals surface area contributed by atoms with E-state index < -0.39 is 0 Å². The Morgan fingerprint density at radius 2 is 2.05 bits per heavy atom. The van der Waals surface area contributed by atoms with E-state index in [2.05, 4.69) is 4.98 Å². The van der Waals surface area contributed by atoms with E-state index in [9.17, 15) is 5.11 Å². The molecule has 0 aliphatic rings. The van der Waals surface area contributed by atoms with E-state index in [1.54, 1.807) is 6.92 Å². The highest BCUT2D eigenvalue weighted by Crippen LogP contribution is 2.32. The van der Waals surface area contributed by atoms with Gasteiger partial charge in [0.05, 0.1) is 9.26 Å². The average Bonchev–Trinajstić information content (AvgIpc) is 2.44. The molecule has 0 fully saturated rings. The number of pyridine rings is 1. The zero-order valence-corrected chi connectivity index (χ0v) is 12.4. The van der Waals surface area contributed by atoms with Crippen LogP contribution in [0.1, 0.15) is 16.8 Å². The van der Waals surface area contributed by atoms with E-state index >= 15 is 0 Å². The third kappa shape index (κ3) is 2.96. The van der Waals surface area contributed by atoms with Gasteiger partial charge in [0.15, 0.2) is 11.3 Å². The number of aromatic hydroxyl groups is 1. The minimum absolute atomic E-state index is 0.0707. The molecule has 1 aromatic carbocycles. The first-order valence-corrected chi connectivity index (χ1v) is 6.67. The molecular weight excluding hydrogens is 355 g/mol. The molecule has 0 spiro atoms. The summed E-state index contributed by atoms with van der Waals surface area (Å²) in [7, 11) is 0. The number of hydrogen-bond acceptors (Lipinski definition) is 4. The zero-order valence-electron chi connectivity index (χ0n) is 10.2. The molecule has 0 radical (unpaired) electrons. The lowest BCUT2D eigenvalue weighted by molar-refractivity contribution is 0.290. The molecule has 19 heavy (non-hydrogen) atoms. The molecule has 0 saturated heterocycles. The summed E-state index contributed by atoms with van der Waals surface area (Å²) in [6.07, 6.45) is 0. The first kappa shape index (κ1) is 13.6. The van der Waals surface area contributed by atoms with E-state index in [0.29, 0.717) is 15.9 Å². The maximum atomic E-state index is 9.91. The SMILES string of the molecule is Cc1nc(OCc2ccccc2)c(C#N)c(O)c1I. The highest BCUT2D eigenvalue weighted by atomic mass is 127. The summed E-state index contributed by atoms with van der Waals surface area (Å²) in [5.74, 6) is 0.0976. The van der Waals surface area contributed by atoms with Gasteiger partial charge in [-0.1, -0.05) is 30.3 Å². The van der Waals surface area contributed by atoms with Gasteiger partial charge in [-0.2, -0.15) is 5.26 Å². The third-order valence-electron chi connectivity index (χ3n) is 2.58. The van der Waals surface area contributed by atoms with Crippen molar-refractivity contribution in [1.82, 2.24) is 4.98 Å². The average molecular weight is 366 g/mol. The molecule has 0 atom stereocenters. The fourth-order valence-corrected chi connectivity index (χ4v) is 1.96. The smallest absolute Gasteiger partial charge is 0.236 e. The van der Waals surface area contributed by atoms with Crippen LogP contribution in [0, 0.1) is 21.8 Å². The summed E-state index contributed by atoms with van der Waals surface area (Å²) in [5.41, 5.74) is 1.69. The number of aryl methyl sites for hydroxylation is 1. The number of halogens is 1. The monoisotopic (exact) mass is 366 g/mol. The van der Waals surface area contributed by atoms with Gasteiger partial charge < -0.3 is 9.84 Å². The molecule has 2 rings (SSSR count). The predicted octanol–water partition coefficient (Wildman–Crippen LogP) is 3.15. The summed E-state index contributed by atoms with van der Waals surface area (Å²) in [5, 5.41) is 19.0. The largest absolute Gasteiger partial charge is 0.505 e. The molecule has 0 amide bonds. The van der Waals surface area contributed by atoms with Crippen LogP contribution in [0.15, 0.2) is 30.3 Å². The van der Waals surface area contributed by atoms with Gasteiger partial charge in [0.1, 0.15) is 12.7 Å². The van der Waals surface area contributed by atoms with Crippen LogP contribution in [0.5, 0.6) is 11.6 Å². The Labute approximate surface area is 124 Å². The van der Waals surface area contributed by atoms with Crippen LogP contribution in [0.4, 0.5) is 0 Å². The van der Waals surface area contributed by atoms with Crippen molar-refractivity contribution in [1.29, 1.82) is 5.26 Å². The summed E-state index contributed by atoms with van der Waals surface area (Å²) in [6.45, 7) is 2.07. The molecule has 0 aliphatic heterocycles. The fourth-order valence-electron chi connectivity index (χ4n) is 1.57. The van der Waals surface area contributed by atoms with Crippen molar-refractivity contribution in [3.05, 3.63) is 50.7 Å². The van der Waals surface area contributed by atoms with E-state index in [0.717, 1.165) is 5.56 Å². The summed E-state index contributed by atoms with van der Waals surface area (Å²) in [4.78, 5) is 4.21. The van der Waals surface area contributed by atoms with Gasteiger partial charge in [0, 0.05) is 0 Å². The Kier molecular flexibility index (Phi) is 4.22. The van der Waals surface area contributed by atoms with Gasteiger partial charge in [0.25, 0.3) is 0 Å². The molecule has 1 aromatic heterocycles. The van der Waals surface area contributed by atoms with Gasteiger partial charge in [-0.25, -0.2) is 4.98 Å². The van der Waals surface area contributed by atoms with Crippen LogP contribution in [0.2, 0.25) is 0 Å². The maximum Gasteiger partial charge on any atom is 0.236 e. The van der Waals surface area contributed by atoms with Crippen LogP contribution in [-0.2, 0) is 6.61 Å². The van der Waals surface area contributed by atoms with Crippen molar-refractivity contribution in [2.24, 2.45) is 0 Å². The number of ether oxygens (including phenoxy) is 1. The lowest BCUT2D eigenvalue weighted by atomic mass is 10.2. The first-order valence-electron chi connectivity index (χ1n) is 5.59. The Morgan fingerprint density at radius 3 is 2.68 bits per heavy atom. The summed E-state index contributed by atoms with van der Waals surface area (Å²) >= 11 is 1.96. The van der Waals surface area contributed by atoms with Crippen molar-refractivity contribution in [2.45, 2.75) is 13.5 Å². The topological polar surface area (TPSA) is 66.1 Å². The van der Waals surface area contributed by atoms with Crippen LogP contribution in [0.3, 0.4) is 0 Å². The molecule has 0 saturated carbocycles. The number of benzene rings is 1. The number of aromatic nitrogens is 1. The third-order valence-corrected chi connectivity index (χ3v) is 3.87. The van der Waals surface area contributed by atoms with Crippen LogP contribution >= 0.6 is 22.6 Å². The summed E-state index contributed by atoms with van der Waals surface area (Å²) in [6, 6.07) is 11.5. The molecule has 0 aliphatic carbocycles. The van der Waals surface area contributed by atoms with Gasteiger partial charge in [0.2, 0.25) is 5.88 Å². The van der Waals surface area contributed by atoms with Crippen LogP contribution < -0.4 is 4.74 Å². The van der Waals surface area contributed by atoms with Crippen molar-refractivity contribution in [2.75, 3.05) is 0 Å². The highest BCUT2D eigenvalue weighted by molar-refractivity contribution is 14.1. The van der Waals surface area contributed by atoms with Gasteiger partial charge >= 0.3 is 0 Å². The molecule has 2 aromatic rings. The molecule has 4 nitrogen and oxygen atoms in total. The van der Waals surface area contributed by atoms with E-state index in [1.807, 2.05) is 59.0 Å². The van der Waals surface area contributed by atoms with Gasteiger partial charge in [-0.15, -0.1) is 0 Å². The molecule has 5 heteroatoms. The molecular formula is C14H11IN2O2. The lowest BCUT2D eigenvalue weighted by Gasteiger charge is -2.10. The van der Waals surface area contributed by atoms with Crippen molar-refractivity contribution < 1.29 is 9.84 Å². The predicted molar refractivity (Wildman–Crippen MR) is 78.8 cm³/mol. The molecule has 96 valence electrons. The van der Waals surface area contributed by atoms with Crippen molar-refractivity contribution in [3.8, 4) is 17.7 Å². The van der Waals surface area contributed by atoms with Crippen LogP contribution in [-0.4, -0.2) is 10.1 Å². The minimum Gasteiger partial charge on any atom is -0.505 e. The molecule has 1 N–H and O–H groups in total. The van der Waals surface area contributed by atoms with Crippen molar-refractivity contribution in [3.63, 3.8) is 0 Å². The number of nitriles is 1. The quantitative estimate of drug-likeness (QED) is 0.848.